The number of pyridine rings is 2. The number of benzene rings is 1. The first kappa shape index (κ1) is 22.8. The van der Waals surface area contributed by atoms with Crippen LogP contribution in [0.4, 0.5) is 14.6 Å². The molecule has 2 atom stereocenters. The van der Waals surface area contributed by atoms with Gasteiger partial charge in [0.05, 0.1) is 12.0 Å². The molecule has 0 aliphatic carbocycles. The van der Waals surface area contributed by atoms with Crippen molar-refractivity contribution in [3.8, 4) is 11.1 Å². The molecule has 3 heterocycles. The number of H-pyrrole nitrogens is 1. The summed E-state index contributed by atoms with van der Waals surface area (Å²) in [6.07, 6.45) is 2.66. The molecule has 33 heavy (non-hydrogen) atoms. The molecule has 3 aromatic rings. The molecule has 172 valence electrons. The van der Waals surface area contributed by atoms with Crippen molar-refractivity contribution < 1.29 is 13.6 Å². The first-order valence-corrected chi connectivity index (χ1v) is 10.9. The second-order valence-electron chi connectivity index (χ2n) is 8.51. The maximum atomic E-state index is 14.6. The fourth-order valence-electron chi connectivity index (χ4n) is 4.13. The van der Waals surface area contributed by atoms with E-state index in [1.807, 2.05) is 31.2 Å². The van der Waals surface area contributed by atoms with Crippen LogP contribution in [0.15, 0.2) is 65.7 Å². The van der Waals surface area contributed by atoms with E-state index in [0.29, 0.717) is 11.4 Å². The van der Waals surface area contributed by atoms with E-state index < -0.39 is 17.9 Å². The van der Waals surface area contributed by atoms with Gasteiger partial charge in [0.1, 0.15) is 5.82 Å². The third-order valence-electron chi connectivity index (χ3n) is 6.16. The van der Waals surface area contributed by atoms with Gasteiger partial charge < -0.3 is 10.3 Å². The summed E-state index contributed by atoms with van der Waals surface area (Å²) in [5.74, 6) is -3.93. The van der Waals surface area contributed by atoms with E-state index in [1.165, 1.54) is 18.3 Å². The number of hydrogen-bond acceptors (Lipinski definition) is 4. The number of nitrogens with one attached hydrogen (secondary N) is 2. The van der Waals surface area contributed by atoms with Crippen molar-refractivity contribution >= 4 is 11.7 Å². The molecule has 0 spiro atoms. The number of aromatic nitrogens is 2. The number of aryl methyl sites for hydroxylation is 1. The first-order valence-electron chi connectivity index (χ1n) is 10.9. The van der Waals surface area contributed by atoms with E-state index in [4.69, 9.17) is 0 Å². The standard InChI is InChI=1S/C25H26F2N4O2/c1-16-4-3-5-18(12-16)19-6-8-22(28-13-19)30-24(33)17(2)31-11-10-25(26,27)21(15-31)20-7-9-23(32)29-14-20/h3-9,12-14,17,21H,10-11,15H2,1-2H3,(H,29,32)(H,28,30,33)/t17-,21+/m0/s1. The summed E-state index contributed by atoms with van der Waals surface area (Å²) in [6, 6.07) is 13.7. The molecule has 0 bridgehead atoms. The summed E-state index contributed by atoms with van der Waals surface area (Å²) in [5.41, 5.74) is 3.13. The van der Waals surface area contributed by atoms with Crippen LogP contribution in [0.25, 0.3) is 11.1 Å². The molecule has 1 aliphatic rings. The number of carbonyl (C=O) groups is 1. The Bertz CT molecular complexity index is 1170. The minimum Gasteiger partial charge on any atom is -0.329 e. The largest absolute Gasteiger partial charge is 0.329 e. The Hall–Kier alpha value is -3.39. The highest BCUT2D eigenvalue weighted by molar-refractivity contribution is 5.93. The predicted molar refractivity (Wildman–Crippen MR) is 123 cm³/mol. The average Bonchev–Trinajstić information content (AvgIpc) is 2.80. The average molecular weight is 453 g/mol. The van der Waals surface area contributed by atoms with Crippen molar-refractivity contribution in [2.75, 3.05) is 18.4 Å². The number of rotatable bonds is 5. The molecule has 2 N–H and O–H groups in total. The molecule has 0 radical (unpaired) electrons. The molecule has 2 aromatic heterocycles. The zero-order valence-electron chi connectivity index (χ0n) is 18.5. The lowest BCUT2D eigenvalue weighted by Crippen LogP contribution is -2.52. The van der Waals surface area contributed by atoms with Gasteiger partial charge in [-0.3, -0.25) is 14.5 Å². The molecule has 1 fully saturated rings. The van der Waals surface area contributed by atoms with Crippen LogP contribution in [-0.2, 0) is 4.79 Å². The summed E-state index contributed by atoms with van der Waals surface area (Å²) in [6.45, 7) is 3.82. The van der Waals surface area contributed by atoms with Gasteiger partial charge in [0, 0.05) is 43.5 Å². The summed E-state index contributed by atoms with van der Waals surface area (Å²) >= 11 is 0. The zero-order valence-corrected chi connectivity index (χ0v) is 18.5. The quantitative estimate of drug-likeness (QED) is 0.608. The molecule has 1 aliphatic heterocycles. The van der Waals surface area contributed by atoms with Crippen LogP contribution < -0.4 is 10.9 Å². The number of piperidine rings is 1. The first-order chi connectivity index (χ1) is 15.7. The van der Waals surface area contributed by atoms with E-state index in [1.54, 1.807) is 24.1 Å². The van der Waals surface area contributed by atoms with Crippen molar-refractivity contribution in [2.24, 2.45) is 0 Å². The van der Waals surface area contributed by atoms with Crippen LogP contribution in [0.1, 0.15) is 30.4 Å². The number of amides is 1. The second kappa shape index (κ2) is 9.23. The second-order valence-corrected chi connectivity index (χ2v) is 8.51. The van der Waals surface area contributed by atoms with E-state index in [-0.39, 0.29) is 31.0 Å². The lowest BCUT2D eigenvalue weighted by Gasteiger charge is -2.40. The van der Waals surface area contributed by atoms with Gasteiger partial charge in [-0.25, -0.2) is 13.8 Å². The van der Waals surface area contributed by atoms with Crippen LogP contribution >= 0.6 is 0 Å². The topological polar surface area (TPSA) is 78.1 Å². The molecule has 1 saturated heterocycles. The van der Waals surface area contributed by atoms with Gasteiger partial charge in [0.15, 0.2) is 0 Å². The maximum absolute atomic E-state index is 14.6. The van der Waals surface area contributed by atoms with E-state index >= 15 is 0 Å². The predicted octanol–water partition coefficient (Wildman–Crippen LogP) is 4.20. The molecule has 0 saturated carbocycles. The number of halogens is 2. The molecule has 8 heteroatoms. The number of hydrogen-bond donors (Lipinski definition) is 2. The van der Waals surface area contributed by atoms with Crippen molar-refractivity contribution in [3.05, 3.63) is 82.4 Å². The van der Waals surface area contributed by atoms with Crippen molar-refractivity contribution in [2.45, 2.75) is 38.2 Å². The molecule has 4 rings (SSSR count). The Morgan fingerprint density at radius 3 is 2.70 bits per heavy atom. The lowest BCUT2D eigenvalue weighted by atomic mass is 9.87. The third kappa shape index (κ3) is 5.17. The molecular weight excluding hydrogens is 426 g/mol. The van der Waals surface area contributed by atoms with Gasteiger partial charge in [0.25, 0.3) is 5.92 Å². The van der Waals surface area contributed by atoms with Gasteiger partial charge in [-0.15, -0.1) is 0 Å². The van der Waals surface area contributed by atoms with Crippen molar-refractivity contribution in [3.63, 3.8) is 0 Å². The maximum Gasteiger partial charge on any atom is 0.257 e. The molecule has 1 amide bonds. The van der Waals surface area contributed by atoms with Gasteiger partial charge >= 0.3 is 0 Å². The highest BCUT2D eigenvalue weighted by Crippen LogP contribution is 2.40. The van der Waals surface area contributed by atoms with Crippen LogP contribution in [0.2, 0.25) is 0 Å². The lowest BCUT2D eigenvalue weighted by molar-refractivity contribution is -0.125. The summed E-state index contributed by atoms with van der Waals surface area (Å²) in [7, 11) is 0. The van der Waals surface area contributed by atoms with Crippen LogP contribution in [0, 0.1) is 6.92 Å². The van der Waals surface area contributed by atoms with Crippen LogP contribution in [0.3, 0.4) is 0 Å². The SMILES string of the molecule is Cc1cccc(-c2ccc(NC(=O)[C@H](C)N3CCC(F)(F)[C@@H](c4ccc(=O)[nH]c4)C3)nc2)c1. The summed E-state index contributed by atoms with van der Waals surface area (Å²) < 4.78 is 29.2. The Labute approximate surface area is 190 Å². The highest BCUT2D eigenvalue weighted by Gasteiger charge is 2.46. The number of anilines is 1. The molecule has 6 nitrogen and oxygen atoms in total. The normalized spacial score (nSPS) is 19.1. The zero-order chi connectivity index (χ0) is 23.6. The third-order valence-corrected chi connectivity index (χ3v) is 6.16. The monoisotopic (exact) mass is 452 g/mol. The Morgan fingerprint density at radius 1 is 1.21 bits per heavy atom. The highest BCUT2D eigenvalue weighted by atomic mass is 19.3. The van der Waals surface area contributed by atoms with Crippen molar-refractivity contribution in [1.82, 2.24) is 14.9 Å². The fraction of sp³-hybridized carbons (Fsp3) is 0.320. The van der Waals surface area contributed by atoms with Gasteiger partial charge in [0.2, 0.25) is 11.5 Å². The number of carbonyl (C=O) groups excluding carboxylic acids is 1. The Kier molecular flexibility index (Phi) is 6.37. The Balaban J connectivity index is 1.43. The van der Waals surface area contributed by atoms with Gasteiger partial charge in [-0.05, 0) is 37.1 Å². The smallest absolute Gasteiger partial charge is 0.257 e. The molecule has 1 aromatic carbocycles. The Morgan fingerprint density at radius 2 is 2.03 bits per heavy atom. The molecular formula is C25H26F2N4O2. The van der Waals surface area contributed by atoms with Crippen LogP contribution in [-0.4, -0.2) is 45.8 Å². The number of nitrogens with zero attached hydrogens (tertiary/aromatic N) is 2. The number of aromatic amines is 1. The summed E-state index contributed by atoms with van der Waals surface area (Å²) in [4.78, 5) is 32.7. The van der Waals surface area contributed by atoms with E-state index in [2.05, 4.69) is 21.4 Å². The van der Waals surface area contributed by atoms with Crippen LogP contribution in [0.5, 0.6) is 0 Å². The minimum absolute atomic E-state index is 0.00730. The summed E-state index contributed by atoms with van der Waals surface area (Å²) in [5, 5.41) is 2.79. The minimum atomic E-state index is -2.92. The van der Waals surface area contributed by atoms with E-state index in [9.17, 15) is 18.4 Å². The number of likely N-dealkylation sites (tertiary alicyclic amines) is 1. The van der Waals surface area contributed by atoms with Gasteiger partial charge in [-0.1, -0.05) is 35.9 Å². The molecule has 0 unspecified atom stereocenters. The number of alkyl halides is 2. The fourth-order valence-corrected chi connectivity index (χ4v) is 4.13. The van der Waals surface area contributed by atoms with Gasteiger partial charge in [-0.2, -0.15) is 0 Å². The van der Waals surface area contributed by atoms with Crippen molar-refractivity contribution in [1.29, 1.82) is 0 Å². The van der Waals surface area contributed by atoms with E-state index in [0.717, 1.165) is 16.7 Å².